The van der Waals surface area contributed by atoms with Gasteiger partial charge in [-0.05, 0) is 25.7 Å². The second-order valence-electron chi connectivity index (χ2n) is 5.80. The highest BCUT2D eigenvalue weighted by Crippen LogP contribution is 2.20. The van der Waals surface area contributed by atoms with Gasteiger partial charge in [-0.15, -0.1) is 0 Å². The van der Waals surface area contributed by atoms with Gasteiger partial charge in [0.25, 0.3) is 0 Å². The molecule has 6 nitrogen and oxygen atoms in total. The van der Waals surface area contributed by atoms with E-state index in [0.29, 0.717) is 32.5 Å². The van der Waals surface area contributed by atoms with Gasteiger partial charge in [0.05, 0.1) is 12.5 Å². The third-order valence-corrected chi connectivity index (χ3v) is 4.32. The van der Waals surface area contributed by atoms with Gasteiger partial charge in [-0.2, -0.15) is 0 Å². The molecule has 0 radical (unpaired) electrons. The molecule has 20 heavy (non-hydrogen) atoms. The Morgan fingerprint density at radius 1 is 1.20 bits per heavy atom. The summed E-state index contributed by atoms with van der Waals surface area (Å²) < 4.78 is 0. The van der Waals surface area contributed by atoms with Crippen molar-refractivity contribution in [3.63, 3.8) is 0 Å². The van der Waals surface area contributed by atoms with Crippen molar-refractivity contribution in [3.8, 4) is 0 Å². The first-order valence-corrected chi connectivity index (χ1v) is 7.28. The van der Waals surface area contributed by atoms with Crippen molar-refractivity contribution in [2.75, 3.05) is 26.2 Å². The van der Waals surface area contributed by atoms with Gasteiger partial charge in [-0.25, -0.2) is 0 Å². The Morgan fingerprint density at radius 3 is 2.45 bits per heavy atom. The van der Waals surface area contributed by atoms with Crippen LogP contribution in [0.4, 0.5) is 0 Å². The molecular formula is C14H22N2O4. The first-order valence-electron chi connectivity index (χ1n) is 7.28. The molecule has 2 aliphatic heterocycles. The second kappa shape index (κ2) is 6.24. The van der Waals surface area contributed by atoms with Crippen LogP contribution in [0.25, 0.3) is 0 Å². The maximum atomic E-state index is 12.2. The first kappa shape index (κ1) is 14.8. The molecule has 1 N–H and O–H groups in total. The van der Waals surface area contributed by atoms with Crippen molar-refractivity contribution >= 4 is 17.8 Å². The zero-order valence-electron chi connectivity index (χ0n) is 11.9. The van der Waals surface area contributed by atoms with Crippen molar-refractivity contribution in [2.24, 2.45) is 11.8 Å². The topological polar surface area (TPSA) is 77.9 Å². The Kier molecular flexibility index (Phi) is 4.62. The number of carbonyl (C=O) groups is 3. The Labute approximate surface area is 118 Å². The van der Waals surface area contributed by atoms with Gasteiger partial charge in [0.1, 0.15) is 0 Å². The number of likely N-dealkylation sites (tertiary alicyclic amines) is 2. The number of hydrogen-bond donors (Lipinski definition) is 1. The van der Waals surface area contributed by atoms with E-state index in [2.05, 4.69) is 0 Å². The zero-order valence-corrected chi connectivity index (χ0v) is 11.9. The molecule has 0 spiro atoms. The smallest absolute Gasteiger partial charge is 0.306 e. The van der Waals surface area contributed by atoms with Crippen LogP contribution in [-0.2, 0) is 14.4 Å². The van der Waals surface area contributed by atoms with Crippen LogP contribution in [0.2, 0.25) is 0 Å². The lowest BCUT2D eigenvalue weighted by molar-refractivity contribution is -0.148. The minimum absolute atomic E-state index is 0.00861. The van der Waals surface area contributed by atoms with E-state index in [1.807, 2.05) is 6.92 Å². The fourth-order valence-corrected chi connectivity index (χ4v) is 2.93. The highest BCUT2D eigenvalue weighted by molar-refractivity contribution is 5.86. The van der Waals surface area contributed by atoms with Crippen LogP contribution in [0.5, 0.6) is 0 Å². The van der Waals surface area contributed by atoms with Gasteiger partial charge in [0, 0.05) is 25.6 Å². The number of carbonyl (C=O) groups excluding carboxylic acids is 2. The van der Waals surface area contributed by atoms with Gasteiger partial charge in [0.2, 0.25) is 11.8 Å². The average molecular weight is 282 g/mol. The van der Waals surface area contributed by atoms with Gasteiger partial charge >= 0.3 is 5.97 Å². The lowest BCUT2D eigenvalue weighted by Crippen LogP contribution is -2.49. The molecule has 2 amide bonds. The molecule has 2 aliphatic rings. The molecule has 0 aromatic carbocycles. The van der Waals surface area contributed by atoms with Gasteiger partial charge < -0.3 is 14.9 Å². The van der Waals surface area contributed by atoms with Crippen LogP contribution in [0, 0.1) is 11.8 Å². The monoisotopic (exact) mass is 282 g/mol. The van der Waals surface area contributed by atoms with Crippen molar-refractivity contribution < 1.29 is 19.5 Å². The van der Waals surface area contributed by atoms with Crippen LogP contribution in [-0.4, -0.2) is 58.9 Å². The molecule has 0 aliphatic carbocycles. The zero-order chi connectivity index (χ0) is 14.7. The highest BCUT2D eigenvalue weighted by Gasteiger charge is 2.30. The quantitative estimate of drug-likeness (QED) is 0.821. The summed E-state index contributed by atoms with van der Waals surface area (Å²) in [6.45, 7) is 3.65. The molecule has 2 heterocycles. The maximum Gasteiger partial charge on any atom is 0.306 e. The van der Waals surface area contributed by atoms with Gasteiger partial charge in [-0.1, -0.05) is 6.92 Å². The van der Waals surface area contributed by atoms with Crippen molar-refractivity contribution in [1.82, 2.24) is 9.80 Å². The predicted octanol–water partition coefficient (Wildman–Crippen LogP) is 0.568. The minimum Gasteiger partial charge on any atom is -0.481 e. The molecule has 112 valence electrons. The van der Waals surface area contributed by atoms with E-state index < -0.39 is 5.97 Å². The fraction of sp³-hybridized carbons (Fsp3) is 0.786. The van der Waals surface area contributed by atoms with Crippen molar-refractivity contribution in [3.05, 3.63) is 0 Å². The molecule has 0 saturated carbocycles. The summed E-state index contributed by atoms with van der Waals surface area (Å²) in [6, 6.07) is 0. The van der Waals surface area contributed by atoms with Crippen LogP contribution >= 0.6 is 0 Å². The largest absolute Gasteiger partial charge is 0.481 e. The number of piperidine rings is 2. The SMILES string of the molecule is CC1CCCN(CC(=O)N2CCC(C(=O)O)CC2)C1=O. The maximum absolute atomic E-state index is 12.2. The van der Waals surface area contributed by atoms with Crippen molar-refractivity contribution in [2.45, 2.75) is 32.6 Å². The van der Waals surface area contributed by atoms with Crippen LogP contribution < -0.4 is 0 Å². The van der Waals surface area contributed by atoms with E-state index in [0.717, 1.165) is 12.8 Å². The van der Waals surface area contributed by atoms with E-state index in [-0.39, 0.29) is 30.2 Å². The summed E-state index contributed by atoms with van der Waals surface area (Å²) in [5, 5.41) is 8.93. The summed E-state index contributed by atoms with van der Waals surface area (Å²) in [7, 11) is 0. The Balaban J connectivity index is 1.83. The number of amides is 2. The van der Waals surface area contributed by atoms with Crippen LogP contribution in [0.3, 0.4) is 0 Å². The Hall–Kier alpha value is -1.59. The minimum atomic E-state index is -0.780. The van der Waals surface area contributed by atoms with E-state index in [9.17, 15) is 14.4 Å². The molecular weight excluding hydrogens is 260 g/mol. The summed E-state index contributed by atoms with van der Waals surface area (Å²) in [4.78, 5) is 38.3. The van der Waals surface area contributed by atoms with Crippen molar-refractivity contribution in [1.29, 1.82) is 0 Å². The van der Waals surface area contributed by atoms with E-state index >= 15 is 0 Å². The Bertz CT molecular complexity index is 402. The average Bonchev–Trinajstić information content (AvgIpc) is 2.44. The predicted molar refractivity (Wildman–Crippen MR) is 71.9 cm³/mol. The molecule has 2 rings (SSSR count). The molecule has 1 atom stereocenters. The summed E-state index contributed by atoms with van der Waals surface area (Å²) in [6.07, 6.45) is 2.85. The Morgan fingerprint density at radius 2 is 1.85 bits per heavy atom. The molecule has 2 saturated heterocycles. The molecule has 0 aromatic heterocycles. The summed E-state index contributed by atoms with van der Waals surface area (Å²) in [5.74, 6) is -1.11. The number of aliphatic carboxylic acids is 1. The number of hydrogen-bond acceptors (Lipinski definition) is 3. The van der Waals surface area contributed by atoms with Gasteiger partial charge in [0.15, 0.2) is 0 Å². The normalized spacial score (nSPS) is 24.9. The van der Waals surface area contributed by atoms with Crippen LogP contribution in [0.15, 0.2) is 0 Å². The number of carboxylic acids is 1. The number of carboxylic acid groups (broad SMARTS) is 1. The summed E-state index contributed by atoms with van der Waals surface area (Å²) in [5.41, 5.74) is 0. The highest BCUT2D eigenvalue weighted by atomic mass is 16.4. The molecule has 0 aromatic rings. The fourth-order valence-electron chi connectivity index (χ4n) is 2.93. The van der Waals surface area contributed by atoms with Crippen LogP contribution in [0.1, 0.15) is 32.6 Å². The van der Waals surface area contributed by atoms with E-state index in [4.69, 9.17) is 5.11 Å². The van der Waals surface area contributed by atoms with E-state index in [1.54, 1.807) is 9.80 Å². The lowest BCUT2D eigenvalue weighted by Gasteiger charge is -2.34. The first-order chi connectivity index (χ1) is 9.49. The second-order valence-corrected chi connectivity index (χ2v) is 5.80. The molecule has 2 fully saturated rings. The third-order valence-electron chi connectivity index (χ3n) is 4.32. The summed E-state index contributed by atoms with van der Waals surface area (Å²) >= 11 is 0. The number of rotatable bonds is 3. The standard InChI is InChI=1S/C14H22N2O4/c1-10-3-2-6-16(13(10)18)9-12(17)15-7-4-11(5-8-15)14(19)20/h10-11H,2-9H2,1H3,(H,19,20). The van der Waals surface area contributed by atoms with Gasteiger partial charge in [-0.3, -0.25) is 14.4 Å². The molecule has 6 heteroatoms. The third kappa shape index (κ3) is 3.29. The molecule has 1 unspecified atom stereocenters. The number of nitrogens with zero attached hydrogens (tertiary/aromatic N) is 2. The van der Waals surface area contributed by atoms with E-state index in [1.165, 1.54) is 0 Å². The lowest BCUT2D eigenvalue weighted by atomic mass is 9.97. The molecule has 0 bridgehead atoms.